The molecule has 1 aromatic heterocycles. The molecule has 0 saturated heterocycles. The SMILES string of the molecule is CO/C(=C/c1ccc(-c2ccccc2Cl)o1)c1ccccc1. The summed E-state index contributed by atoms with van der Waals surface area (Å²) < 4.78 is 11.3. The van der Waals surface area contributed by atoms with Gasteiger partial charge in [0.15, 0.2) is 0 Å². The highest BCUT2D eigenvalue weighted by molar-refractivity contribution is 6.33. The number of hydrogen-bond acceptors (Lipinski definition) is 2. The molecule has 0 aliphatic rings. The molecule has 110 valence electrons. The molecule has 0 N–H and O–H groups in total. The number of ether oxygens (including phenoxy) is 1. The zero-order valence-corrected chi connectivity index (χ0v) is 12.9. The predicted octanol–water partition coefficient (Wildman–Crippen LogP) is 5.74. The van der Waals surface area contributed by atoms with Crippen LogP contribution >= 0.6 is 11.6 Å². The monoisotopic (exact) mass is 310 g/mol. The van der Waals surface area contributed by atoms with Crippen LogP contribution in [0.4, 0.5) is 0 Å². The highest BCUT2D eigenvalue weighted by atomic mass is 35.5. The maximum Gasteiger partial charge on any atom is 0.136 e. The molecular formula is C19H15ClO2. The second kappa shape index (κ2) is 6.54. The van der Waals surface area contributed by atoms with Crippen LogP contribution in [-0.2, 0) is 4.74 Å². The van der Waals surface area contributed by atoms with E-state index >= 15 is 0 Å². The van der Waals surface area contributed by atoms with Gasteiger partial charge in [0.2, 0.25) is 0 Å². The Balaban J connectivity index is 1.94. The van der Waals surface area contributed by atoms with E-state index in [0.717, 1.165) is 28.4 Å². The van der Waals surface area contributed by atoms with Gasteiger partial charge in [-0.05, 0) is 24.3 Å². The minimum Gasteiger partial charge on any atom is -0.496 e. The van der Waals surface area contributed by atoms with Gasteiger partial charge in [0.25, 0.3) is 0 Å². The normalized spacial score (nSPS) is 11.5. The zero-order valence-electron chi connectivity index (χ0n) is 12.1. The van der Waals surface area contributed by atoms with E-state index < -0.39 is 0 Å². The van der Waals surface area contributed by atoms with E-state index in [1.165, 1.54) is 0 Å². The van der Waals surface area contributed by atoms with Gasteiger partial charge < -0.3 is 9.15 Å². The van der Waals surface area contributed by atoms with Crippen LogP contribution in [0.2, 0.25) is 5.02 Å². The average molecular weight is 311 g/mol. The highest BCUT2D eigenvalue weighted by Gasteiger charge is 2.08. The van der Waals surface area contributed by atoms with Crippen LogP contribution in [0.25, 0.3) is 23.2 Å². The van der Waals surface area contributed by atoms with Crippen LogP contribution in [0.3, 0.4) is 0 Å². The molecular weight excluding hydrogens is 296 g/mol. The third-order valence-corrected chi connectivity index (χ3v) is 3.65. The van der Waals surface area contributed by atoms with Crippen molar-refractivity contribution in [3.8, 4) is 11.3 Å². The summed E-state index contributed by atoms with van der Waals surface area (Å²) in [4.78, 5) is 0. The van der Waals surface area contributed by atoms with E-state index in [1.807, 2.05) is 72.8 Å². The Morgan fingerprint density at radius 1 is 0.955 bits per heavy atom. The summed E-state index contributed by atoms with van der Waals surface area (Å²) in [7, 11) is 1.65. The van der Waals surface area contributed by atoms with Gasteiger partial charge in [-0.15, -0.1) is 0 Å². The number of halogens is 1. The van der Waals surface area contributed by atoms with Crippen molar-refractivity contribution >= 4 is 23.4 Å². The Labute approximate surface area is 134 Å². The Kier molecular flexibility index (Phi) is 4.31. The quantitative estimate of drug-likeness (QED) is 0.573. The molecule has 2 aromatic carbocycles. The lowest BCUT2D eigenvalue weighted by Gasteiger charge is -2.05. The molecule has 3 aromatic rings. The number of rotatable bonds is 4. The van der Waals surface area contributed by atoms with Gasteiger partial charge in [-0.3, -0.25) is 0 Å². The largest absolute Gasteiger partial charge is 0.496 e. The minimum atomic E-state index is 0.669. The number of hydrogen-bond donors (Lipinski definition) is 0. The third-order valence-electron chi connectivity index (χ3n) is 3.32. The summed E-state index contributed by atoms with van der Waals surface area (Å²) in [6.45, 7) is 0. The molecule has 0 radical (unpaired) electrons. The number of methoxy groups -OCH3 is 1. The smallest absolute Gasteiger partial charge is 0.136 e. The number of furan rings is 1. The van der Waals surface area contributed by atoms with Crippen LogP contribution in [0, 0.1) is 0 Å². The fourth-order valence-electron chi connectivity index (χ4n) is 2.23. The van der Waals surface area contributed by atoms with Crippen molar-refractivity contribution in [2.24, 2.45) is 0 Å². The Bertz CT molecular complexity index is 788. The molecule has 0 amide bonds. The van der Waals surface area contributed by atoms with E-state index in [1.54, 1.807) is 7.11 Å². The summed E-state index contributed by atoms with van der Waals surface area (Å²) >= 11 is 6.20. The van der Waals surface area contributed by atoms with Crippen molar-refractivity contribution in [2.75, 3.05) is 7.11 Å². The van der Waals surface area contributed by atoms with Crippen molar-refractivity contribution < 1.29 is 9.15 Å². The fraction of sp³-hybridized carbons (Fsp3) is 0.0526. The lowest BCUT2D eigenvalue weighted by Crippen LogP contribution is -1.86. The second-order valence-electron chi connectivity index (χ2n) is 4.76. The molecule has 2 nitrogen and oxygen atoms in total. The Morgan fingerprint density at radius 2 is 1.68 bits per heavy atom. The first-order valence-electron chi connectivity index (χ1n) is 6.94. The van der Waals surface area contributed by atoms with Gasteiger partial charge in [-0.1, -0.05) is 54.1 Å². The zero-order chi connectivity index (χ0) is 15.4. The molecule has 0 fully saturated rings. The van der Waals surface area contributed by atoms with Crippen LogP contribution in [0.5, 0.6) is 0 Å². The average Bonchev–Trinajstić information content (AvgIpc) is 3.02. The first-order valence-corrected chi connectivity index (χ1v) is 7.31. The second-order valence-corrected chi connectivity index (χ2v) is 5.17. The van der Waals surface area contributed by atoms with Gasteiger partial charge >= 0.3 is 0 Å². The van der Waals surface area contributed by atoms with Crippen LogP contribution < -0.4 is 0 Å². The molecule has 0 unspecified atom stereocenters. The third kappa shape index (κ3) is 3.07. The fourth-order valence-corrected chi connectivity index (χ4v) is 2.46. The van der Waals surface area contributed by atoms with E-state index in [4.69, 9.17) is 20.8 Å². The van der Waals surface area contributed by atoms with Crippen molar-refractivity contribution in [1.29, 1.82) is 0 Å². The van der Waals surface area contributed by atoms with Crippen molar-refractivity contribution in [3.05, 3.63) is 83.1 Å². The van der Waals surface area contributed by atoms with Gasteiger partial charge in [-0.25, -0.2) is 0 Å². The maximum absolute atomic E-state index is 6.20. The van der Waals surface area contributed by atoms with Crippen LogP contribution in [0.1, 0.15) is 11.3 Å². The minimum absolute atomic E-state index is 0.669. The summed E-state index contributed by atoms with van der Waals surface area (Å²) in [5, 5.41) is 0.669. The highest BCUT2D eigenvalue weighted by Crippen LogP contribution is 2.30. The molecule has 3 rings (SSSR count). The summed E-state index contributed by atoms with van der Waals surface area (Å²) in [6, 6.07) is 21.3. The van der Waals surface area contributed by atoms with Crippen molar-refractivity contribution in [3.63, 3.8) is 0 Å². The predicted molar refractivity (Wildman–Crippen MR) is 90.5 cm³/mol. The van der Waals surface area contributed by atoms with Gasteiger partial charge in [0.1, 0.15) is 17.3 Å². The lowest BCUT2D eigenvalue weighted by atomic mass is 10.1. The molecule has 1 heterocycles. The van der Waals surface area contributed by atoms with Crippen LogP contribution in [-0.4, -0.2) is 7.11 Å². The van der Waals surface area contributed by atoms with Gasteiger partial charge in [0.05, 0.1) is 12.1 Å². The molecule has 3 heteroatoms. The summed E-state index contributed by atoms with van der Waals surface area (Å²) in [5.41, 5.74) is 1.88. The van der Waals surface area contributed by atoms with Crippen molar-refractivity contribution in [1.82, 2.24) is 0 Å². The standard InChI is InChI=1S/C19H15ClO2/c1-21-19(14-7-3-2-4-8-14)13-15-11-12-18(22-15)16-9-5-6-10-17(16)20/h2-13H,1H3/b19-13+. The van der Waals surface area contributed by atoms with Gasteiger partial charge in [0, 0.05) is 17.2 Å². The van der Waals surface area contributed by atoms with Crippen molar-refractivity contribution in [2.45, 2.75) is 0 Å². The van der Waals surface area contributed by atoms with Gasteiger partial charge in [-0.2, -0.15) is 0 Å². The first-order chi connectivity index (χ1) is 10.8. The van der Waals surface area contributed by atoms with Crippen LogP contribution in [0.15, 0.2) is 71.1 Å². The first kappa shape index (κ1) is 14.5. The lowest BCUT2D eigenvalue weighted by molar-refractivity contribution is 0.372. The molecule has 0 aliphatic heterocycles. The molecule has 0 atom stereocenters. The summed E-state index contributed by atoms with van der Waals surface area (Å²) in [5.74, 6) is 2.21. The molecule has 0 saturated carbocycles. The summed E-state index contributed by atoms with van der Waals surface area (Å²) in [6.07, 6.45) is 1.87. The molecule has 0 bridgehead atoms. The number of benzene rings is 2. The van der Waals surface area contributed by atoms with E-state index in [2.05, 4.69) is 0 Å². The van der Waals surface area contributed by atoms with E-state index in [0.29, 0.717) is 5.02 Å². The topological polar surface area (TPSA) is 22.4 Å². The Morgan fingerprint density at radius 3 is 2.41 bits per heavy atom. The van der Waals surface area contributed by atoms with E-state index in [9.17, 15) is 0 Å². The van der Waals surface area contributed by atoms with E-state index in [-0.39, 0.29) is 0 Å². The molecule has 0 spiro atoms. The molecule has 0 aliphatic carbocycles. The maximum atomic E-state index is 6.20. The Hall–Kier alpha value is -2.45. The molecule has 22 heavy (non-hydrogen) atoms.